The zero-order valence-electron chi connectivity index (χ0n) is 26.3. The van der Waals surface area contributed by atoms with Crippen molar-refractivity contribution in [1.82, 2.24) is 15.2 Å². The molecule has 1 N–H and O–H groups in total. The Balaban J connectivity index is 1.82. The second kappa shape index (κ2) is 14.9. The zero-order chi connectivity index (χ0) is 30.9. The van der Waals surface area contributed by atoms with E-state index in [1.807, 2.05) is 58.0 Å². The molecule has 2 heterocycles. The summed E-state index contributed by atoms with van der Waals surface area (Å²) in [6.45, 7) is 19.9. The van der Waals surface area contributed by atoms with Crippen LogP contribution in [-0.4, -0.2) is 60.3 Å². The van der Waals surface area contributed by atoms with E-state index in [9.17, 15) is 9.59 Å². The normalized spacial score (nSPS) is 13.8. The van der Waals surface area contributed by atoms with Crippen molar-refractivity contribution in [3.8, 4) is 5.88 Å². The molecular formula is C34H48N4O4. The third-order valence-corrected chi connectivity index (χ3v) is 7.50. The number of aryl methyl sites for hydroxylation is 2. The Bertz CT molecular complexity index is 1260. The van der Waals surface area contributed by atoms with E-state index in [-0.39, 0.29) is 18.0 Å². The number of likely N-dealkylation sites (tertiary alicyclic amines) is 1. The monoisotopic (exact) mass is 576 g/mol. The minimum absolute atomic E-state index is 0.151. The van der Waals surface area contributed by atoms with Crippen LogP contribution in [0.1, 0.15) is 79.7 Å². The van der Waals surface area contributed by atoms with E-state index in [1.54, 1.807) is 12.0 Å². The third-order valence-electron chi connectivity index (χ3n) is 7.50. The quantitative estimate of drug-likeness (QED) is 0.294. The molecule has 0 spiro atoms. The number of piperidine rings is 1. The average molecular weight is 577 g/mol. The Labute approximate surface area is 251 Å². The summed E-state index contributed by atoms with van der Waals surface area (Å²) in [5, 5.41) is 3.13. The lowest BCUT2D eigenvalue weighted by Crippen LogP contribution is -2.48. The Morgan fingerprint density at radius 2 is 1.88 bits per heavy atom. The molecule has 228 valence electrons. The number of hydrogen-bond acceptors (Lipinski definition) is 6. The van der Waals surface area contributed by atoms with Crippen LogP contribution in [0, 0.1) is 6.92 Å². The van der Waals surface area contributed by atoms with Crippen LogP contribution in [0.3, 0.4) is 0 Å². The summed E-state index contributed by atoms with van der Waals surface area (Å²) in [5.74, 6) is 0.381. The van der Waals surface area contributed by atoms with Gasteiger partial charge in [0.2, 0.25) is 5.88 Å². The Kier molecular flexibility index (Phi) is 11.6. The van der Waals surface area contributed by atoms with Gasteiger partial charge in [0.15, 0.2) is 0 Å². The summed E-state index contributed by atoms with van der Waals surface area (Å²) < 4.78 is 11.2. The molecule has 1 aromatic heterocycles. The molecule has 8 heteroatoms. The predicted octanol–water partition coefficient (Wildman–Crippen LogP) is 6.40. The number of rotatable bonds is 12. The van der Waals surface area contributed by atoms with Crippen LogP contribution in [-0.2, 0) is 24.1 Å². The van der Waals surface area contributed by atoms with Crippen LogP contribution in [0.5, 0.6) is 5.88 Å². The summed E-state index contributed by atoms with van der Waals surface area (Å²) in [4.78, 5) is 35.0. The SMILES string of the molecule is C=CCCc1cc(C)nc(OC)c1CNC(=O)c1cccc(N(CC)C2CCN(C(=O)OC(C)(C)C)CC2)c1CC=C. The van der Waals surface area contributed by atoms with Gasteiger partial charge in [0.1, 0.15) is 5.60 Å². The van der Waals surface area contributed by atoms with Gasteiger partial charge in [-0.2, -0.15) is 0 Å². The van der Waals surface area contributed by atoms with E-state index in [0.29, 0.717) is 37.5 Å². The van der Waals surface area contributed by atoms with E-state index in [4.69, 9.17) is 9.47 Å². The molecule has 2 aromatic rings. The van der Waals surface area contributed by atoms with Gasteiger partial charge in [-0.3, -0.25) is 4.79 Å². The lowest BCUT2D eigenvalue weighted by Gasteiger charge is -2.40. The van der Waals surface area contributed by atoms with Crippen LogP contribution in [0.25, 0.3) is 0 Å². The molecule has 1 aliphatic heterocycles. The van der Waals surface area contributed by atoms with Gasteiger partial charge in [0.25, 0.3) is 5.91 Å². The molecule has 8 nitrogen and oxygen atoms in total. The lowest BCUT2D eigenvalue weighted by molar-refractivity contribution is 0.0204. The van der Waals surface area contributed by atoms with Crippen LogP contribution in [0.15, 0.2) is 49.6 Å². The summed E-state index contributed by atoms with van der Waals surface area (Å²) >= 11 is 0. The minimum Gasteiger partial charge on any atom is -0.481 e. The summed E-state index contributed by atoms with van der Waals surface area (Å²) in [6.07, 6.45) is 7.30. The first kappa shape index (κ1) is 32.7. The molecule has 0 bridgehead atoms. The number of amides is 2. The first-order valence-corrected chi connectivity index (χ1v) is 14.9. The zero-order valence-corrected chi connectivity index (χ0v) is 26.3. The molecular weight excluding hydrogens is 528 g/mol. The smallest absolute Gasteiger partial charge is 0.410 e. The molecule has 1 fully saturated rings. The number of allylic oxidation sites excluding steroid dienone is 2. The number of nitrogens with one attached hydrogen (secondary N) is 1. The van der Waals surface area contributed by atoms with Gasteiger partial charge in [-0.1, -0.05) is 18.2 Å². The summed E-state index contributed by atoms with van der Waals surface area (Å²) in [5.41, 5.74) is 4.94. The van der Waals surface area contributed by atoms with Gasteiger partial charge >= 0.3 is 6.09 Å². The maximum absolute atomic E-state index is 13.7. The highest BCUT2D eigenvalue weighted by atomic mass is 16.6. The van der Waals surface area contributed by atoms with Gasteiger partial charge in [0.05, 0.1) is 7.11 Å². The van der Waals surface area contributed by atoms with Crippen molar-refractivity contribution in [2.45, 2.75) is 84.9 Å². The number of pyridine rings is 1. The van der Waals surface area contributed by atoms with E-state index in [0.717, 1.165) is 60.3 Å². The first-order valence-electron chi connectivity index (χ1n) is 14.9. The van der Waals surface area contributed by atoms with Crippen molar-refractivity contribution in [2.24, 2.45) is 0 Å². The summed E-state index contributed by atoms with van der Waals surface area (Å²) in [6, 6.07) is 8.19. The van der Waals surface area contributed by atoms with Crippen LogP contribution in [0.4, 0.5) is 10.5 Å². The lowest BCUT2D eigenvalue weighted by atomic mass is 9.96. The number of hydrogen-bond donors (Lipinski definition) is 1. The van der Waals surface area contributed by atoms with Gasteiger partial charge in [-0.15, -0.1) is 13.2 Å². The van der Waals surface area contributed by atoms with Gasteiger partial charge in [0, 0.05) is 54.7 Å². The van der Waals surface area contributed by atoms with Crippen molar-refractivity contribution < 1.29 is 19.1 Å². The van der Waals surface area contributed by atoms with E-state index >= 15 is 0 Å². The molecule has 42 heavy (non-hydrogen) atoms. The fourth-order valence-corrected chi connectivity index (χ4v) is 5.57. The van der Waals surface area contributed by atoms with E-state index in [1.165, 1.54) is 0 Å². The Hall–Kier alpha value is -3.81. The molecule has 0 unspecified atom stereocenters. The highest BCUT2D eigenvalue weighted by Crippen LogP contribution is 2.31. The second-order valence-electron chi connectivity index (χ2n) is 11.7. The number of benzene rings is 1. The van der Waals surface area contributed by atoms with Crippen molar-refractivity contribution in [3.05, 3.63) is 77.5 Å². The molecule has 0 radical (unpaired) electrons. The highest BCUT2D eigenvalue weighted by molar-refractivity contribution is 5.97. The molecule has 0 atom stereocenters. The fraction of sp³-hybridized carbons (Fsp3) is 0.500. The molecule has 3 rings (SSSR count). The molecule has 1 aromatic carbocycles. The topological polar surface area (TPSA) is 84.0 Å². The average Bonchev–Trinajstić information content (AvgIpc) is 2.95. The van der Waals surface area contributed by atoms with Gasteiger partial charge < -0.3 is 24.6 Å². The largest absolute Gasteiger partial charge is 0.481 e. The Morgan fingerprint density at radius 1 is 1.17 bits per heavy atom. The molecule has 1 aliphatic rings. The molecule has 2 amide bonds. The van der Waals surface area contributed by atoms with Crippen molar-refractivity contribution in [2.75, 3.05) is 31.6 Å². The van der Waals surface area contributed by atoms with Crippen LogP contribution < -0.4 is 15.0 Å². The molecule has 0 saturated carbocycles. The number of nitrogens with zero attached hydrogens (tertiary/aromatic N) is 3. The highest BCUT2D eigenvalue weighted by Gasteiger charge is 2.30. The van der Waals surface area contributed by atoms with Gasteiger partial charge in [-0.25, -0.2) is 9.78 Å². The van der Waals surface area contributed by atoms with E-state index < -0.39 is 5.60 Å². The number of carbonyl (C=O) groups excluding carboxylic acids is 2. The molecule has 1 saturated heterocycles. The number of aromatic nitrogens is 1. The molecule has 0 aliphatic carbocycles. The number of ether oxygens (including phenoxy) is 2. The Morgan fingerprint density at radius 3 is 2.48 bits per heavy atom. The second-order valence-corrected chi connectivity index (χ2v) is 11.7. The van der Waals surface area contributed by atoms with Crippen molar-refractivity contribution in [3.63, 3.8) is 0 Å². The minimum atomic E-state index is -0.516. The van der Waals surface area contributed by atoms with Crippen molar-refractivity contribution in [1.29, 1.82) is 0 Å². The van der Waals surface area contributed by atoms with Crippen LogP contribution >= 0.6 is 0 Å². The van der Waals surface area contributed by atoms with Gasteiger partial charge in [-0.05, 0) is 96.0 Å². The van der Waals surface area contributed by atoms with E-state index in [2.05, 4.69) is 41.3 Å². The summed E-state index contributed by atoms with van der Waals surface area (Å²) in [7, 11) is 1.60. The number of carbonyl (C=O) groups is 2. The maximum Gasteiger partial charge on any atom is 0.410 e. The maximum atomic E-state index is 13.7. The number of anilines is 1. The number of methoxy groups -OCH3 is 1. The standard InChI is InChI=1S/C34H48N4O4/c1-9-12-15-25-22-24(4)36-32(41-8)29(25)23-35-31(39)28-16-13-17-30(27(28)14-10-2)38(11-3)26-18-20-37(21-19-26)33(40)42-34(5,6)7/h9-10,13,16-17,22,26H,1-2,11-12,14-15,18-21,23H2,3-8H3,(H,35,39). The van der Waals surface area contributed by atoms with Crippen LogP contribution in [0.2, 0.25) is 0 Å². The first-order chi connectivity index (χ1) is 20.0. The fourth-order valence-electron chi connectivity index (χ4n) is 5.57. The van der Waals surface area contributed by atoms with Crippen molar-refractivity contribution >= 4 is 17.7 Å². The predicted molar refractivity (Wildman–Crippen MR) is 169 cm³/mol. The third kappa shape index (κ3) is 8.37.